The van der Waals surface area contributed by atoms with Gasteiger partial charge in [0.2, 0.25) is 0 Å². The van der Waals surface area contributed by atoms with Crippen molar-refractivity contribution in [1.29, 1.82) is 0 Å². The Kier molecular flexibility index (Phi) is 5.23. The smallest absolute Gasteiger partial charge is 0.257 e. The van der Waals surface area contributed by atoms with Crippen molar-refractivity contribution in [3.8, 4) is 0 Å². The van der Waals surface area contributed by atoms with E-state index in [4.69, 9.17) is 9.26 Å². The molecule has 1 N–H and O–H groups in total. The summed E-state index contributed by atoms with van der Waals surface area (Å²) in [5, 5.41) is 7.52. The molecule has 124 valence electrons. The number of carbonyl (C=O) groups excluding carboxylic acids is 1. The van der Waals surface area contributed by atoms with Gasteiger partial charge in [-0.1, -0.05) is 24.4 Å². The number of nitrogens with zero attached hydrogens (tertiary/aromatic N) is 2. The predicted octanol–water partition coefficient (Wildman–Crippen LogP) is 3.00. The van der Waals surface area contributed by atoms with E-state index in [0.717, 1.165) is 17.5 Å². The van der Waals surface area contributed by atoms with Gasteiger partial charge in [0.05, 0.1) is 22.7 Å². The highest BCUT2D eigenvalue weighted by Crippen LogP contribution is 2.20. The summed E-state index contributed by atoms with van der Waals surface area (Å²) < 4.78 is 10.9. The molecule has 0 aromatic carbocycles. The molecular weight excluding hydrogens is 294 g/mol. The van der Waals surface area contributed by atoms with Crippen LogP contribution in [0.5, 0.6) is 0 Å². The number of ether oxygens (including phenoxy) is 1. The highest BCUT2D eigenvalue weighted by Gasteiger charge is 2.14. The molecule has 0 aliphatic heterocycles. The lowest BCUT2D eigenvalue weighted by Crippen LogP contribution is -2.26. The van der Waals surface area contributed by atoms with Crippen LogP contribution < -0.4 is 5.32 Å². The van der Waals surface area contributed by atoms with Crippen LogP contribution >= 0.6 is 0 Å². The standard InChI is InChI=1S/C17H23N3O3/c1-12-15-10-13(11-19-17(15)23-20-12)16(21)18-8-5-9-22-14-6-3-2-4-7-14/h10-11,14H,2-9H2,1H3,(H,18,21). The zero-order valence-corrected chi connectivity index (χ0v) is 13.5. The quantitative estimate of drug-likeness (QED) is 0.829. The Morgan fingerprint density at radius 2 is 2.22 bits per heavy atom. The minimum atomic E-state index is -0.127. The van der Waals surface area contributed by atoms with Gasteiger partial charge in [0.15, 0.2) is 0 Å². The molecule has 1 amide bonds. The van der Waals surface area contributed by atoms with Crippen LogP contribution in [0.2, 0.25) is 0 Å². The van der Waals surface area contributed by atoms with E-state index >= 15 is 0 Å². The maximum Gasteiger partial charge on any atom is 0.257 e. The number of nitrogens with one attached hydrogen (secondary N) is 1. The summed E-state index contributed by atoms with van der Waals surface area (Å²) in [5.74, 6) is -0.127. The summed E-state index contributed by atoms with van der Waals surface area (Å²) in [6.07, 6.45) is 9.00. The molecule has 0 unspecified atom stereocenters. The van der Waals surface area contributed by atoms with E-state index in [9.17, 15) is 4.79 Å². The normalized spacial score (nSPS) is 15.9. The predicted molar refractivity (Wildman–Crippen MR) is 86.3 cm³/mol. The van der Waals surface area contributed by atoms with Gasteiger partial charge in [-0.25, -0.2) is 4.98 Å². The fourth-order valence-corrected chi connectivity index (χ4v) is 2.93. The molecule has 2 aromatic heterocycles. The molecule has 23 heavy (non-hydrogen) atoms. The van der Waals surface area contributed by atoms with Gasteiger partial charge in [0.1, 0.15) is 0 Å². The number of fused-ring (bicyclic) bond motifs is 1. The fraction of sp³-hybridized carbons (Fsp3) is 0.588. The molecule has 1 aliphatic rings. The Morgan fingerprint density at radius 3 is 3.04 bits per heavy atom. The number of hydrogen-bond donors (Lipinski definition) is 1. The summed E-state index contributed by atoms with van der Waals surface area (Å²) in [5.41, 5.74) is 1.72. The van der Waals surface area contributed by atoms with E-state index in [0.29, 0.717) is 30.5 Å². The topological polar surface area (TPSA) is 77.2 Å². The first kappa shape index (κ1) is 15.9. The Bertz CT molecular complexity index is 662. The number of aryl methyl sites for hydroxylation is 1. The molecule has 1 fully saturated rings. The molecule has 0 radical (unpaired) electrons. The summed E-state index contributed by atoms with van der Waals surface area (Å²) in [4.78, 5) is 16.3. The van der Waals surface area contributed by atoms with Gasteiger partial charge < -0.3 is 14.6 Å². The minimum absolute atomic E-state index is 0.127. The van der Waals surface area contributed by atoms with Gasteiger partial charge in [-0.05, 0) is 32.3 Å². The van der Waals surface area contributed by atoms with Crippen LogP contribution in [0.3, 0.4) is 0 Å². The number of carbonyl (C=O) groups is 1. The average molecular weight is 317 g/mol. The van der Waals surface area contributed by atoms with E-state index in [2.05, 4.69) is 15.5 Å². The highest BCUT2D eigenvalue weighted by atomic mass is 16.5. The number of rotatable bonds is 6. The Balaban J connectivity index is 1.42. The molecular formula is C17H23N3O3. The molecule has 6 nitrogen and oxygen atoms in total. The molecule has 2 heterocycles. The van der Waals surface area contributed by atoms with Gasteiger partial charge in [-0.15, -0.1) is 0 Å². The van der Waals surface area contributed by atoms with Crippen LogP contribution in [0.1, 0.15) is 54.6 Å². The number of pyridine rings is 1. The number of amides is 1. The third-order valence-corrected chi connectivity index (χ3v) is 4.28. The lowest BCUT2D eigenvalue weighted by molar-refractivity contribution is 0.0273. The molecule has 1 aliphatic carbocycles. The Hall–Kier alpha value is -1.95. The fourth-order valence-electron chi connectivity index (χ4n) is 2.93. The van der Waals surface area contributed by atoms with Gasteiger partial charge in [-0.2, -0.15) is 0 Å². The largest absolute Gasteiger partial charge is 0.378 e. The van der Waals surface area contributed by atoms with Crippen molar-refractivity contribution in [2.24, 2.45) is 0 Å². The van der Waals surface area contributed by atoms with Crippen molar-refractivity contribution < 1.29 is 14.1 Å². The highest BCUT2D eigenvalue weighted by molar-refractivity contribution is 5.96. The lowest BCUT2D eigenvalue weighted by Gasteiger charge is -2.21. The van der Waals surface area contributed by atoms with Crippen LogP contribution in [0.25, 0.3) is 11.1 Å². The Morgan fingerprint density at radius 1 is 1.39 bits per heavy atom. The van der Waals surface area contributed by atoms with Crippen molar-refractivity contribution in [1.82, 2.24) is 15.5 Å². The van der Waals surface area contributed by atoms with E-state index in [-0.39, 0.29) is 5.91 Å². The maximum atomic E-state index is 12.1. The van der Waals surface area contributed by atoms with Gasteiger partial charge >= 0.3 is 0 Å². The van der Waals surface area contributed by atoms with Crippen LogP contribution in [0.4, 0.5) is 0 Å². The second-order valence-corrected chi connectivity index (χ2v) is 6.08. The van der Waals surface area contributed by atoms with E-state index < -0.39 is 0 Å². The third kappa shape index (κ3) is 4.07. The summed E-state index contributed by atoms with van der Waals surface area (Å²) in [6.45, 7) is 3.14. The number of aromatic nitrogens is 2. The molecule has 3 rings (SSSR count). The summed E-state index contributed by atoms with van der Waals surface area (Å²) in [6, 6.07) is 1.77. The van der Waals surface area contributed by atoms with Gasteiger partial charge in [-0.3, -0.25) is 4.79 Å². The van der Waals surface area contributed by atoms with Crippen molar-refractivity contribution in [3.05, 3.63) is 23.5 Å². The second-order valence-electron chi connectivity index (χ2n) is 6.08. The minimum Gasteiger partial charge on any atom is -0.378 e. The SMILES string of the molecule is Cc1noc2ncc(C(=O)NCCCOC3CCCCC3)cc12. The lowest BCUT2D eigenvalue weighted by atomic mass is 9.98. The molecule has 0 atom stereocenters. The van der Waals surface area contributed by atoms with Crippen LogP contribution in [0, 0.1) is 6.92 Å². The van der Waals surface area contributed by atoms with Crippen LogP contribution in [-0.2, 0) is 4.74 Å². The number of hydrogen-bond acceptors (Lipinski definition) is 5. The molecule has 0 bridgehead atoms. The van der Waals surface area contributed by atoms with E-state index in [1.54, 1.807) is 6.07 Å². The van der Waals surface area contributed by atoms with E-state index in [1.165, 1.54) is 38.3 Å². The molecule has 0 spiro atoms. The molecule has 1 saturated carbocycles. The van der Waals surface area contributed by atoms with E-state index in [1.807, 2.05) is 6.92 Å². The zero-order chi connectivity index (χ0) is 16.1. The first-order valence-electron chi connectivity index (χ1n) is 8.36. The van der Waals surface area contributed by atoms with Crippen molar-refractivity contribution in [2.45, 2.75) is 51.6 Å². The van der Waals surface area contributed by atoms with Gasteiger partial charge in [0.25, 0.3) is 11.6 Å². The summed E-state index contributed by atoms with van der Waals surface area (Å²) in [7, 11) is 0. The van der Waals surface area contributed by atoms with Crippen molar-refractivity contribution in [3.63, 3.8) is 0 Å². The van der Waals surface area contributed by atoms with Crippen molar-refractivity contribution >= 4 is 17.0 Å². The zero-order valence-electron chi connectivity index (χ0n) is 13.5. The van der Waals surface area contributed by atoms with Gasteiger partial charge in [0, 0.05) is 19.3 Å². The van der Waals surface area contributed by atoms with Crippen LogP contribution in [-0.4, -0.2) is 35.3 Å². The summed E-state index contributed by atoms with van der Waals surface area (Å²) >= 11 is 0. The molecule has 0 saturated heterocycles. The Labute approximate surface area is 135 Å². The third-order valence-electron chi connectivity index (χ3n) is 4.28. The van der Waals surface area contributed by atoms with Crippen molar-refractivity contribution in [2.75, 3.05) is 13.2 Å². The molecule has 2 aromatic rings. The maximum absolute atomic E-state index is 12.1. The average Bonchev–Trinajstić information content (AvgIpc) is 2.96. The van der Waals surface area contributed by atoms with Crippen LogP contribution in [0.15, 0.2) is 16.8 Å². The monoisotopic (exact) mass is 317 g/mol. The first-order chi connectivity index (χ1) is 11.2. The first-order valence-corrected chi connectivity index (χ1v) is 8.36. The molecule has 6 heteroatoms. The second kappa shape index (κ2) is 7.55.